The molecule has 1 aromatic carbocycles. The van der Waals surface area contributed by atoms with Crippen LogP contribution in [0.15, 0.2) is 27.8 Å². The number of hydrogen-bond donors (Lipinski definition) is 4. The van der Waals surface area contributed by atoms with Crippen LogP contribution in [0.3, 0.4) is 0 Å². The van der Waals surface area contributed by atoms with E-state index in [4.69, 9.17) is 0 Å². The summed E-state index contributed by atoms with van der Waals surface area (Å²) in [7, 11) is 0. The van der Waals surface area contributed by atoms with Crippen molar-refractivity contribution in [2.75, 3.05) is 25.0 Å². The summed E-state index contributed by atoms with van der Waals surface area (Å²) < 4.78 is 0. The molecule has 2 aromatic rings. The summed E-state index contributed by atoms with van der Waals surface area (Å²) >= 11 is 0. The zero-order valence-corrected chi connectivity index (χ0v) is 11.2. The molecule has 0 radical (unpaired) electrons. The molecule has 0 spiro atoms. The molecular formula is C14H18N4O2. The second kappa shape index (κ2) is 5.50. The number of hydrogen-bond acceptors (Lipinski definition) is 4. The molecule has 1 aliphatic heterocycles. The number of anilines is 1. The van der Waals surface area contributed by atoms with Gasteiger partial charge in [0.1, 0.15) is 0 Å². The molecule has 1 atom stereocenters. The van der Waals surface area contributed by atoms with Crippen molar-refractivity contribution in [3.05, 3.63) is 38.9 Å². The lowest BCUT2D eigenvalue weighted by atomic mass is 9.99. The number of aromatic nitrogens is 2. The topological polar surface area (TPSA) is 89.8 Å². The highest BCUT2D eigenvalue weighted by Crippen LogP contribution is 2.18. The number of benzene rings is 1. The molecule has 1 fully saturated rings. The number of H-pyrrole nitrogens is 2. The first-order chi connectivity index (χ1) is 9.75. The average molecular weight is 274 g/mol. The third-order valence-electron chi connectivity index (χ3n) is 3.81. The van der Waals surface area contributed by atoms with E-state index in [1.165, 1.54) is 12.8 Å². The molecule has 1 aliphatic rings. The third kappa shape index (κ3) is 2.46. The Bertz CT molecular complexity index is 713. The van der Waals surface area contributed by atoms with Crippen LogP contribution < -0.4 is 21.8 Å². The highest BCUT2D eigenvalue weighted by Gasteiger charge is 2.14. The largest absolute Gasteiger partial charge is 0.384 e. The number of fused-ring (bicyclic) bond motifs is 1. The summed E-state index contributed by atoms with van der Waals surface area (Å²) in [5, 5.41) is 12.2. The number of rotatable bonds is 3. The van der Waals surface area contributed by atoms with Crippen molar-refractivity contribution in [2.45, 2.75) is 12.8 Å². The Labute approximate surface area is 115 Å². The molecule has 0 aliphatic carbocycles. The lowest BCUT2D eigenvalue weighted by Crippen LogP contribution is -2.33. The molecule has 106 valence electrons. The number of aromatic amines is 2. The van der Waals surface area contributed by atoms with Crippen LogP contribution in [-0.4, -0.2) is 29.8 Å². The number of nitrogens with one attached hydrogen (secondary N) is 4. The Hall–Kier alpha value is -2.08. The van der Waals surface area contributed by atoms with E-state index >= 15 is 0 Å². The van der Waals surface area contributed by atoms with E-state index in [1.54, 1.807) is 12.1 Å². The standard InChI is InChI=1S/C14H18N4O2/c19-13-10-4-1-5-11(12(10)14(20)18-17-13)16-8-9-3-2-6-15-7-9/h1,4-5,9,15-16H,2-3,6-8H2,(H,17,19)(H,18,20). The Morgan fingerprint density at radius 3 is 2.85 bits per heavy atom. The molecule has 2 heterocycles. The van der Waals surface area contributed by atoms with Gasteiger partial charge in [0, 0.05) is 12.2 Å². The highest BCUT2D eigenvalue weighted by atomic mass is 16.1. The minimum absolute atomic E-state index is 0.274. The van der Waals surface area contributed by atoms with E-state index in [1.807, 2.05) is 6.07 Å². The summed E-state index contributed by atoms with van der Waals surface area (Å²) in [6.07, 6.45) is 2.36. The second-order valence-corrected chi connectivity index (χ2v) is 5.23. The van der Waals surface area contributed by atoms with Crippen LogP contribution in [-0.2, 0) is 0 Å². The average Bonchev–Trinajstić information content (AvgIpc) is 2.50. The minimum Gasteiger partial charge on any atom is -0.384 e. The molecule has 6 heteroatoms. The molecule has 1 saturated heterocycles. The van der Waals surface area contributed by atoms with Crippen LogP contribution in [0.5, 0.6) is 0 Å². The normalized spacial score (nSPS) is 19.1. The fraction of sp³-hybridized carbons (Fsp3) is 0.429. The molecule has 20 heavy (non-hydrogen) atoms. The maximum Gasteiger partial charge on any atom is 0.272 e. The molecule has 1 aromatic heterocycles. The smallest absolute Gasteiger partial charge is 0.272 e. The van der Waals surface area contributed by atoms with Crippen molar-refractivity contribution in [3.8, 4) is 0 Å². The Morgan fingerprint density at radius 1 is 1.20 bits per heavy atom. The maximum atomic E-state index is 11.9. The van der Waals surface area contributed by atoms with Crippen LogP contribution in [0.25, 0.3) is 10.8 Å². The minimum atomic E-state index is -0.275. The van der Waals surface area contributed by atoms with Crippen LogP contribution in [0.4, 0.5) is 5.69 Å². The van der Waals surface area contributed by atoms with Gasteiger partial charge in [0.25, 0.3) is 11.1 Å². The first kappa shape index (κ1) is 12.9. The van der Waals surface area contributed by atoms with E-state index in [-0.39, 0.29) is 11.1 Å². The van der Waals surface area contributed by atoms with Crippen molar-refractivity contribution in [2.24, 2.45) is 5.92 Å². The van der Waals surface area contributed by atoms with E-state index in [0.29, 0.717) is 16.7 Å². The lowest BCUT2D eigenvalue weighted by Gasteiger charge is -2.23. The summed E-state index contributed by atoms with van der Waals surface area (Å²) in [6.45, 7) is 2.88. The summed E-state index contributed by atoms with van der Waals surface area (Å²) in [6, 6.07) is 5.29. The molecule has 6 nitrogen and oxygen atoms in total. The van der Waals surface area contributed by atoms with Gasteiger partial charge in [0.2, 0.25) is 0 Å². The van der Waals surface area contributed by atoms with Gasteiger partial charge in [0.15, 0.2) is 0 Å². The molecule has 4 N–H and O–H groups in total. The summed E-state index contributed by atoms with van der Waals surface area (Å²) in [4.78, 5) is 23.7. The summed E-state index contributed by atoms with van der Waals surface area (Å²) in [5.41, 5.74) is 0.174. The van der Waals surface area contributed by atoms with Gasteiger partial charge in [-0.1, -0.05) is 6.07 Å². The molecule has 3 rings (SSSR count). The van der Waals surface area contributed by atoms with E-state index in [0.717, 1.165) is 25.3 Å². The second-order valence-electron chi connectivity index (χ2n) is 5.23. The van der Waals surface area contributed by atoms with Gasteiger partial charge in [-0.05, 0) is 44.0 Å². The molecule has 1 unspecified atom stereocenters. The van der Waals surface area contributed by atoms with Crippen molar-refractivity contribution in [3.63, 3.8) is 0 Å². The van der Waals surface area contributed by atoms with Gasteiger partial charge in [0.05, 0.1) is 10.8 Å². The monoisotopic (exact) mass is 274 g/mol. The van der Waals surface area contributed by atoms with E-state index in [2.05, 4.69) is 20.8 Å². The fourth-order valence-electron chi connectivity index (χ4n) is 2.73. The highest BCUT2D eigenvalue weighted by molar-refractivity contribution is 5.92. The van der Waals surface area contributed by atoms with Gasteiger partial charge in [-0.15, -0.1) is 0 Å². The van der Waals surface area contributed by atoms with Crippen molar-refractivity contribution in [1.29, 1.82) is 0 Å². The predicted molar refractivity (Wildman–Crippen MR) is 79.3 cm³/mol. The lowest BCUT2D eigenvalue weighted by molar-refractivity contribution is 0.393. The zero-order chi connectivity index (χ0) is 13.9. The van der Waals surface area contributed by atoms with Gasteiger partial charge in [-0.3, -0.25) is 19.8 Å². The Balaban J connectivity index is 1.89. The van der Waals surface area contributed by atoms with Gasteiger partial charge >= 0.3 is 0 Å². The molecular weight excluding hydrogens is 256 g/mol. The van der Waals surface area contributed by atoms with E-state index in [9.17, 15) is 9.59 Å². The van der Waals surface area contributed by atoms with Crippen molar-refractivity contribution < 1.29 is 0 Å². The van der Waals surface area contributed by atoms with Crippen LogP contribution >= 0.6 is 0 Å². The third-order valence-corrected chi connectivity index (χ3v) is 3.81. The molecule has 0 bridgehead atoms. The van der Waals surface area contributed by atoms with Gasteiger partial charge in [-0.25, -0.2) is 0 Å². The number of piperidine rings is 1. The maximum absolute atomic E-state index is 11.9. The molecule has 0 saturated carbocycles. The SMILES string of the molecule is O=c1[nH][nH]c(=O)c2c(NCC3CCCNC3)cccc12. The fourth-order valence-corrected chi connectivity index (χ4v) is 2.73. The predicted octanol–water partition coefficient (Wildman–Crippen LogP) is 0.628. The first-order valence-corrected chi connectivity index (χ1v) is 6.94. The Morgan fingerprint density at radius 2 is 2.05 bits per heavy atom. The van der Waals surface area contributed by atoms with Gasteiger partial charge < -0.3 is 10.6 Å². The zero-order valence-electron chi connectivity index (χ0n) is 11.2. The van der Waals surface area contributed by atoms with Crippen LogP contribution in [0.1, 0.15) is 12.8 Å². The van der Waals surface area contributed by atoms with Gasteiger partial charge in [-0.2, -0.15) is 0 Å². The van der Waals surface area contributed by atoms with Crippen molar-refractivity contribution in [1.82, 2.24) is 15.5 Å². The quantitative estimate of drug-likeness (QED) is 0.661. The van der Waals surface area contributed by atoms with Crippen LogP contribution in [0.2, 0.25) is 0 Å². The Kier molecular flexibility index (Phi) is 3.56. The van der Waals surface area contributed by atoms with Crippen LogP contribution in [0, 0.1) is 5.92 Å². The summed E-state index contributed by atoms with van der Waals surface area (Å²) in [5.74, 6) is 0.556. The van der Waals surface area contributed by atoms with E-state index < -0.39 is 0 Å². The molecule has 0 amide bonds. The first-order valence-electron chi connectivity index (χ1n) is 6.94. The van der Waals surface area contributed by atoms with Crippen molar-refractivity contribution >= 4 is 16.5 Å².